The zero-order valence-corrected chi connectivity index (χ0v) is 12.7. The van der Waals surface area contributed by atoms with E-state index in [-0.39, 0.29) is 0 Å². The largest absolute Gasteiger partial charge is 0.359 e. The second kappa shape index (κ2) is 7.30. The van der Waals surface area contributed by atoms with Crippen molar-refractivity contribution in [1.82, 2.24) is 5.32 Å². The predicted molar refractivity (Wildman–Crippen MR) is 79.9 cm³/mol. The van der Waals surface area contributed by atoms with Gasteiger partial charge in [-0.2, -0.15) is 0 Å². The molecule has 0 amide bonds. The molecule has 0 aliphatic carbocycles. The van der Waals surface area contributed by atoms with E-state index in [2.05, 4.69) is 33.0 Å². The number of unbranched alkanes of at least 4 members (excludes halogenated alkanes) is 2. The maximum Gasteiger partial charge on any atom is 0.157 e. The van der Waals surface area contributed by atoms with E-state index in [0.717, 1.165) is 0 Å². The second-order valence-electron chi connectivity index (χ2n) is 5.18. The summed E-state index contributed by atoms with van der Waals surface area (Å²) in [7, 11) is 0. The van der Waals surface area contributed by atoms with Crippen LogP contribution in [0.4, 0.5) is 0 Å². The fourth-order valence-corrected chi connectivity index (χ4v) is 3.60. The van der Waals surface area contributed by atoms with Crippen LogP contribution in [0, 0.1) is 0 Å². The van der Waals surface area contributed by atoms with Gasteiger partial charge in [-0.25, -0.2) is 0 Å². The van der Waals surface area contributed by atoms with Crippen LogP contribution in [0.25, 0.3) is 0 Å². The number of aliphatic imine (C=N–C) groups is 1. The van der Waals surface area contributed by atoms with Crippen molar-refractivity contribution in [3.05, 3.63) is 0 Å². The van der Waals surface area contributed by atoms with E-state index in [1.807, 2.05) is 11.8 Å². The third-order valence-electron chi connectivity index (χ3n) is 3.77. The molecule has 1 fully saturated rings. The number of nitrogens with zero attached hydrogens (tertiary/aromatic N) is 1. The summed E-state index contributed by atoms with van der Waals surface area (Å²) >= 11 is 1.90. The van der Waals surface area contributed by atoms with Crippen LogP contribution in [0.5, 0.6) is 0 Å². The van der Waals surface area contributed by atoms with Gasteiger partial charge in [0.15, 0.2) is 5.17 Å². The van der Waals surface area contributed by atoms with Gasteiger partial charge in [-0.1, -0.05) is 51.8 Å². The normalized spacial score (nSPS) is 22.7. The van der Waals surface area contributed by atoms with Gasteiger partial charge >= 0.3 is 0 Å². The molecule has 0 radical (unpaired) electrons. The van der Waals surface area contributed by atoms with Crippen LogP contribution < -0.4 is 5.32 Å². The molecular formula is C14H28N2S. The van der Waals surface area contributed by atoms with Crippen LogP contribution >= 0.6 is 11.8 Å². The Bertz CT molecular complexity index is 247. The molecule has 1 heterocycles. The van der Waals surface area contributed by atoms with Crippen molar-refractivity contribution < 1.29 is 0 Å². The summed E-state index contributed by atoms with van der Waals surface area (Å²) in [6, 6.07) is 0.473. The monoisotopic (exact) mass is 256 g/mol. The Hall–Kier alpha value is -0.180. The number of amidine groups is 1. The molecule has 1 saturated heterocycles. The van der Waals surface area contributed by atoms with Gasteiger partial charge in [-0.15, -0.1) is 0 Å². The Morgan fingerprint density at radius 3 is 2.53 bits per heavy atom. The molecule has 0 aromatic carbocycles. The number of nitrogens with one attached hydrogen (secondary N) is 1. The van der Waals surface area contributed by atoms with Crippen molar-refractivity contribution in [2.24, 2.45) is 4.99 Å². The summed E-state index contributed by atoms with van der Waals surface area (Å²) in [6.45, 7) is 9.03. The fraction of sp³-hybridized carbons (Fsp3) is 0.929. The minimum Gasteiger partial charge on any atom is -0.359 e. The Balaban J connectivity index is 2.41. The summed E-state index contributed by atoms with van der Waals surface area (Å²) in [6.07, 6.45) is 7.56. The molecule has 100 valence electrons. The first-order valence-corrected chi connectivity index (χ1v) is 8.13. The molecule has 0 spiro atoms. The van der Waals surface area contributed by atoms with Crippen LogP contribution in [-0.4, -0.2) is 22.5 Å². The topological polar surface area (TPSA) is 24.4 Å². The highest BCUT2D eigenvalue weighted by atomic mass is 32.2. The minimum atomic E-state index is 0.312. The van der Waals surface area contributed by atoms with Gasteiger partial charge in [0.05, 0.1) is 0 Å². The molecule has 1 unspecified atom stereocenters. The van der Waals surface area contributed by atoms with Crippen molar-refractivity contribution in [1.29, 1.82) is 0 Å². The van der Waals surface area contributed by atoms with Gasteiger partial charge in [-0.3, -0.25) is 4.99 Å². The van der Waals surface area contributed by atoms with Crippen molar-refractivity contribution in [3.8, 4) is 0 Å². The average molecular weight is 256 g/mol. The van der Waals surface area contributed by atoms with Gasteiger partial charge in [0.1, 0.15) is 0 Å². The Kier molecular flexibility index (Phi) is 6.39. The van der Waals surface area contributed by atoms with E-state index >= 15 is 0 Å². The summed E-state index contributed by atoms with van der Waals surface area (Å²) in [5, 5.41) is 4.82. The SMILES string of the molecule is CCCCCC(C)N=C1NC(CC)(CC)CS1. The standard InChI is InChI=1S/C14H28N2S/c1-5-8-9-10-12(4)15-13-16-14(6-2,7-3)11-17-13/h12H,5-11H2,1-4H3,(H,15,16). The van der Waals surface area contributed by atoms with E-state index < -0.39 is 0 Å². The molecule has 1 aliphatic heterocycles. The molecule has 2 nitrogen and oxygen atoms in total. The summed E-state index contributed by atoms with van der Waals surface area (Å²) in [4.78, 5) is 4.81. The quantitative estimate of drug-likeness (QED) is 0.690. The van der Waals surface area contributed by atoms with E-state index in [1.165, 1.54) is 49.4 Å². The minimum absolute atomic E-state index is 0.312. The lowest BCUT2D eigenvalue weighted by Gasteiger charge is -2.25. The maximum atomic E-state index is 4.81. The Labute approximate surface area is 111 Å². The molecule has 1 rings (SSSR count). The second-order valence-corrected chi connectivity index (χ2v) is 6.14. The maximum absolute atomic E-state index is 4.81. The van der Waals surface area contributed by atoms with Crippen molar-refractivity contribution in [3.63, 3.8) is 0 Å². The zero-order valence-electron chi connectivity index (χ0n) is 11.9. The molecule has 0 saturated carbocycles. The summed E-state index contributed by atoms with van der Waals surface area (Å²) in [5.74, 6) is 1.18. The smallest absolute Gasteiger partial charge is 0.157 e. The fourth-order valence-electron chi connectivity index (χ4n) is 2.16. The van der Waals surface area contributed by atoms with Gasteiger partial charge in [0.25, 0.3) is 0 Å². The van der Waals surface area contributed by atoms with Crippen molar-refractivity contribution >= 4 is 16.9 Å². The lowest BCUT2D eigenvalue weighted by molar-refractivity contribution is 0.407. The molecule has 1 N–H and O–H groups in total. The highest BCUT2D eigenvalue weighted by Crippen LogP contribution is 2.29. The summed E-state index contributed by atoms with van der Waals surface area (Å²) < 4.78 is 0. The number of hydrogen-bond donors (Lipinski definition) is 1. The van der Waals surface area contributed by atoms with E-state index in [4.69, 9.17) is 4.99 Å². The van der Waals surface area contributed by atoms with E-state index in [1.54, 1.807) is 0 Å². The van der Waals surface area contributed by atoms with Crippen LogP contribution in [0.3, 0.4) is 0 Å². The first kappa shape index (κ1) is 14.9. The number of rotatable bonds is 7. The van der Waals surface area contributed by atoms with Gasteiger partial charge in [0, 0.05) is 17.3 Å². The Morgan fingerprint density at radius 2 is 2.00 bits per heavy atom. The van der Waals surface area contributed by atoms with E-state index in [0.29, 0.717) is 11.6 Å². The molecule has 0 bridgehead atoms. The van der Waals surface area contributed by atoms with Crippen molar-refractivity contribution in [2.75, 3.05) is 5.75 Å². The van der Waals surface area contributed by atoms with Gasteiger partial charge in [0.2, 0.25) is 0 Å². The van der Waals surface area contributed by atoms with Crippen LogP contribution in [0.1, 0.15) is 66.2 Å². The lowest BCUT2D eigenvalue weighted by atomic mass is 9.96. The number of thioether (sulfide) groups is 1. The predicted octanol–water partition coefficient (Wildman–Crippen LogP) is 4.21. The third kappa shape index (κ3) is 4.53. The molecule has 17 heavy (non-hydrogen) atoms. The van der Waals surface area contributed by atoms with Gasteiger partial charge in [-0.05, 0) is 26.2 Å². The number of hydrogen-bond acceptors (Lipinski definition) is 2. The third-order valence-corrected chi connectivity index (χ3v) is 4.95. The highest BCUT2D eigenvalue weighted by Gasteiger charge is 2.33. The van der Waals surface area contributed by atoms with Crippen LogP contribution in [0.2, 0.25) is 0 Å². The summed E-state index contributed by atoms with van der Waals surface area (Å²) in [5.41, 5.74) is 0.312. The molecule has 1 aliphatic rings. The zero-order chi connectivity index (χ0) is 12.7. The average Bonchev–Trinajstić information content (AvgIpc) is 2.73. The van der Waals surface area contributed by atoms with E-state index in [9.17, 15) is 0 Å². The van der Waals surface area contributed by atoms with Crippen LogP contribution in [-0.2, 0) is 0 Å². The first-order valence-electron chi connectivity index (χ1n) is 7.14. The van der Waals surface area contributed by atoms with Crippen molar-refractivity contribution in [2.45, 2.75) is 77.8 Å². The molecule has 1 atom stereocenters. The highest BCUT2D eigenvalue weighted by molar-refractivity contribution is 8.14. The molecule has 3 heteroatoms. The van der Waals surface area contributed by atoms with Gasteiger partial charge < -0.3 is 5.32 Å². The Morgan fingerprint density at radius 1 is 1.29 bits per heavy atom. The molecule has 0 aromatic rings. The first-order chi connectivity index (χ1) is 8.15. The molecule has 0 aromatic heterocycles. The van der Waals surface area contributed by atoms with Crippen LogP contribution in [0.15, 0.2) is 4.99 Å². The lowest BCUT2D eigenvalue weighted by Crippen LogP contribution is -2.42. The molecular weight excluding hydrogens is 228 g/mol.